The highest BCUT2D eigenvalue weighted by Crippen LogP contribution is 2.44. The second-order valence-electron chi connectivity index (χ2n) is 14.9. The predicted octanol–water partition coefficient (Wildman–Crippen LogP) is 9.07. The van der Waals surface area contributed by atoms with E-state index in [0.717, 1.165) is 21.6 Å². The van der Waals surface area contributed by atoms with Crippen LogP contribution in [0.1, 0.15) is 34.9 Å². The monoisotopic (exact) mass is 674 g/mol. The molecule has 1 fully saturated rings. The molecule has 4 rings (SSSR count). The normalized spacial score (nSPS) is 24.9. The minimum Gasteiger partial charge on any atom is -0.409 e. The lowest BCUT2D eigenvalue weighted by Gasteiger charge is -2.54. The van der Waals surface area contributed by atoms with E-state index in [-0.39, 0.29) is 18.0 Å². The molecule has 0 saturated carbocycles. The van der Waals surface area contributed by atoms with Gasteiger partial charge in [0.15, 0.2) is 25.0 Å². The van der Waals surface area contributed by atoms with Crippen LogP contribution >= 0.6 is 11.3 Å². The van der Waals surface area contributed by atoms with E-state index in [1.54, 1.807) is 11.3 Å². The molecule has 5 atom stereocenters. The Hall–Kier alpha value is -1.48. The summed E-state index contributed by atoms with van der Waals surface area (Å²) in [4.78, 5) is 2.28. The summed E-state index contributed by atoms with van der Waals surface area (Å²) in [7, 11) is -6.30. The molecule has 1 N–H and O–H groups in total. The SMILES string of the molecule is CC[C@H]1O[C@@](O)(c2ccc(C)c(Cc3ccc(-c4ccc(F)cc4)s3)c2)[C@H](O[Si](C)(C)C)[C@@H](O[Si](C)(C)C)[C@@H]1O[Si](C)(C)C. The molecule has 0 amide bonds. The quantitative estimate of drug-likeness (QED) is 0.206. The van der Waals surface area contributed by atoms with Gasteiger partial charge >= 0.3 is 0 Å². The van der Waals surface area contributed by atoms with Crippen LogP contribution in [0.5, 0.6) is 0 Å². The maximum atomic E-state index is 13.5. The first-order valence-corrected chi connectivity index (χ1v) is 26.7. The van der Waals surface area contributed by atoms with Gasteiger partial charge in [-0.2, -0.15) is 0 Å². The van der Waals surface area contributed by atoms with E-state index >= 15 is 0 Å². The zero-order chi connectivity index (χ0) is 32.7. The topological polar surface area (TPSA) is 57.2 Å². The first-order chi connectivity index (χ1) is 20.3. The Kier molecular flexibility index (Phi) is 10.7. The van der Waals surface area contributed by atoms with Crippen molar-refractivity contribution < 1.29 is 27.5 Å². The number of thiophene rings is 1. The van der Waals surface area contributed by atoms with E-state index in [9.17, 15) is 9.50 Å². The average Bonchev–Trinajstić information content (AvgIpc) is 3.36. The van der Waals surface area contributed by atoms with Crippen LogP contribution in [0.4, 0.5) is 4.39 Å². The van der Waals surface area contributed by atoms with Crippen molar-refractivity contribution in [2.24, 2.45) is 0 Å². The third-order valence-corrected chi connectivity index (χ3v) is 11.5. The molecule has 5 nitrogen and oxygen atoms in total. The summed E-state index contributed by atoms with van der Waals surface area (Å²) >= 11 is 1.70. The van der Waals surface area contributed by atoms with Crippen LogP contribution in [0.3, 0.4) is 0 Å². The molecule has 1 saturated heterocycles. The third-order valence-electron chi connectivity index (χ3n) is 7.49. The molecule has 0 bridgehead atoms. The number of hydrogen-bond donors (Lipinski definition) is 1. The summed E-state index contributed by atoms with van der Waals surface area (Å²) in [6.45, 7) is 23.6. The highest BCUT2D eigenvalue weighted by atomic mass is 32.1. The van der Waals surface area contributed by atoms with Gasteiger partial charge < -0.3 is 23.1 Å². The number of rotatable bonds is 11. The Morgan fingerprint density at radius 1 is 0.818 bits per heavy atom. The number of aryl methyl sites for hydroxylation is 1. The number of hydrogen-bond acceptors (Lipinski definition) is 6. The lowest BCUT2D eigenvalue weighted by molar-refractivity contribution is -0.346. The summed E-state index contributed by atoms with van der Waals surface area (Å²) < 4.78 is 40.8. The summed E-state index contributed by atoms with van der Waals surface area (Å²) in [5, 5.41) is 12.7. The predicted molar refractivity (Wildman–Crippen MR) is 187 cm³/mol. The van der Waals surface area contributed by atoms with Crippen molar-refractivity contribution in [3.05, 3.63) is 82.0 Å². The molecule has 1 aromatic heterocycles. The van der Waals surface area contributed by atoms with Crippen LogP contribution in [0.25, 0.3) is 10.4 Å². The summed E-state index contributed by atoms with van der Waals surface area (Å²) in [5.41, 5.74) is 3.91. The van der Waals surface area contributed by atoms with E-state index < -0.39 is 42.9 Å². The van der Waals surface area contributed by atoms with Crippen LogP contribution in [-0.4, -0.2) is 54.5 Å². The fourth-order valence-corrected chi connectivity index (χ4v) is 9.92. The van der Waals surface area contributed by atoms with Crippen LogP contribution < -0.4 is 0 Å². The number of halogens is 1. The molecule has 0 aliphatic carbocycles. The lowest BCUT2D eigenvalue weighted by Crippen LogP contribution is -2.68. The molecule has 1 aliphatic rings. The van der Waals surface area contributed by atoms with E-state index in [0.29, 0.717) is 18.4 Å². The molecule has 242 valence electrons. The third kappa shape index (κ3) is 8.86. The van der Waals surface area contributed by atoms with Crippen LogP contribution in [0.2, 0.25) is 58.9 Å². The Balaban J connectivity index is 1.76. The van der Waals surface area contributed by atoms with Gasteiger partial charge in [0, 0.05) is 21.7 Å². The van der Waals surface area contributed by atoms with Gasteiger partial charge in [0.2, 0.25) is 5.79 Å². The maximum absolute atomic E-state index is 13.5. The highest BCUT2D eigenvalue weighted by molar-refractivity contribution is 7.15. The van der Waals surface area contributed by atoms with Crippen molar-refractivity contribution in [2.75, 3.05) is 0 Å². The molecule has 0 radical (unpaired) electrons. The van der Waals surface area contributed by atoms with E-state index in [1.807, 2.05) is 18.2 Å². The minimum atomic E-state index is -2.19. The van der Waals surface area contributed by atoms with E-state index in [4.69, 9.17) is 18.0 Å². The number of ether oxygens (including phenoxy) is 1. The molecule has 2 heterocycles. The van der Waals surface area contributed by atoms with Crippen molar-refractivity contribution in [1.82, 2.24) is 0 Å². The van der Waals surface area contributed by atoms with Gasteiger partial charge in [0.25, 0.3) is 0 Å². The molecule has 1 aliphatic heterocycles. The smallest absolute Gasteiger partial charge is 0.221 e. The fourth-order valence-electron chi connectivity index (χ4n) is 5.65. The molecule has 10 heteroatoms. The van der Waals surface area contributed by atoms with Gasteiger partial charge in [-0.1, -0.05) is 31.2 Å². The molecule has 0 unspecified atom stereocenters. The Labute approximate surface area is 271 Å². The van der Waals surface area contributed by atoms with Gasteiger partial charge in [-0.3, -0.25) is 0 Å². The van der Waals surface area contributed by atoms with Crippen molar-refractivity contribution in [1.29, 1.82) is 0 Å². The van der Waals surface area contributed by atoms with Gasteiger partial charge in [-0.25, -0.2) is 4.39 Å². The Morgan fingerprint density at radius 2 is 1.41 bits per heavy atom. The first-order valence-electron chi connectivity index (χ1n) is 15.7. The van der Waals surface area contributed by atoms with Crippen molar-refractivity contribution >= 4 is 36.3 Å². The van der Waals surface area contributed by atoms with Crippen LogP contribution in [-0.2, 0) is 30.2 Å². The van der Waals surface area contributed by atoms with Crippen molar-refractivity contribution in [3.8, 4) is 10.4 Å². The number of benzene rings is 2. The largest absolute Gasteiger partial charge is 0.409 e. The van der Waals surface area contributed by atoms with Crippen LogP contribution in [0.15, 0.2) is 54.6 Å². The van der Waals surface area contributed by atoms with Crippen molar-refractivity contribution in [3.63, 3.8) is 0 Å². The first kappa shape index (κ1) is 35.4. The summed E-state index contributed by atoms with van der Waals surface area (Å²) in [6, 6.07) is 16.9. The van der Waals surface area contributed by atoms with Crippen molar-refractivity contribution in [2.45, 2.75) is 116 Å². The minimum absolute atomic E-state index is 0.238. The molecule has 44 heavy (non-hydrogen) atoms. The second kappa shape index (κ2) is 13.3. The Bertz CT molecular complexity index is 1410. The average molecular weight is 675 g/mol. The van der Waals surface area contributed by atoms with Gasteiger partial charge in [-0.05, 0) is 119 Å². The fraction of sp³-hybridized carbons (Fsp3) is 0.529. The Morgan fingerprint density at radius 3 is 1.98 bits per heavy atom. The lowest BCUT2D eigenvalue weighted by atomic mass is 9.86. The zero-order valence-electron chi connectivity index (χ0n) is 28.3. The molecular weight excluding hydrogens is 624 g/mol. The van der Waals surface area contributed by atoms with Gasteiger partial charge in [-0.15, -0.1) is 11.3 Å². The maximum Gasteiger partial charge on any atom is 0.221 e. The van der Waals surface area contributed by atoms with E-state index in [1.165, 1.54) is 17.0 Å². The standard InChI is InChI=1S/C34H51FO5SSi3/c1-12-29-31(38-42(3,4)5)32(39-43(6,7)8)33(40-44(9,10)11)34(36,37-29)26-16-13-23(2)25(21-26)22-28-19-20-30(41-28)24-14-17-27(35)18-15-24/h13-21,29,31-33,36H,12,22H2,1-11H3/t29-,31-,32+,33-,34+/m1/s1. The summed E-state index contributed by atoms with van der Waals surface area (Å²) in [6.07, 6.45) is -0.579. The molecule has 2 aromatic carbocycles. The van der Waals surface area contributed by atoms with Gasteiger partial charge in [0.05, 0.1) is 12.2 Å². The second-order valence-corrected chi connectivity index (χ2v) is 29.4. The molecular formula is C34H51FO5SSi3. The zero-order valence-corrected chi connectivity index (χ0v) is 32.1. The van der Waals surface area contributed by atoms with Crippen LogP contribution in [0, 0.1) is 12.7 Å². The highest BCUT2D eigenvalue weighted by Gasteiger charge is 2.58. The van der Waals surface area contributed by atoms with E-state index in [2.05, 4.69) is 97.0 Å². The molecule has 0 spiro atoms. The molecule has 3 aromatic rings. The number of aliphatic hydroxyl groups is 1. The van der Waals surface area contributed by atoms with Gasteiger partial charge in [0.1, 0.15) is 18.0 Å². The summed E-state index contributed by atoms with van der Waals surface area (Å²) in [5.74, 6) is -1.96.